The minimum atomic E-state index is 0.117. The van der Waals surface area contributed by atoms with Gasteiger partial charge in [-0.15, -0.1) is 0 Å². The van der Waals surface area contributed by atoms with Crippen LogP contribution in [-0.2, 0) is 0 Å². The molecule has 3 nitrogen and oxygen atoms in total. The van der Waals surface area contributed by atoms with Crippen LogP contribution < -0.4 is 5.32 Å². The van der Waals surface area contributed by atoms with Crippen LogP contribution in [0, 0.1) is 6.92 Å². The van der Waals surface area contributed by atoms with E-state index in [4.69, 9.17) is 0 Å². The van der Waals surface area contributed by atoms with Crippen molar-refractivity contribution < 1.29 is 0 Å². The Hall–Kier alpha value is -2.39. The normalized spacial score (nSPS) is 12.5. The first kappa shape index (κ1) is 14.5. The summed E-state index contributed by atoms with van der Waals surface area (Å²) in [6, 6.07) is 20.8. The predicted molar refractivity (Wildman–Crippen MR) is 93.0 cm³/mol. The maximum atomic E-state index is 4.61. The molecule has 1 heterocycles. The van der Waals surface area contributed by atoms with Crippen molar-refractivity contribution in [2.45, 2.75) is 13.1 Å². The fourth-order valence-electron chi connectivity index (χ4n) is 2.72. The Morgan fingerprint density at radius 1 is 0.955 bits per heavy atom. The molecule has 0 aliphatic rings. The fourth-order valence-corrected chi connectivity index (χ4v) is 2.72. The number of pyridine rings is 1. The lowest BCUT2D eigenvalue weighted by Crippen LogP contribution is -2.27. The van der Waals surface area contributed by atoms with Crippen LogP contribution >= 0.6 is 0 Å². The van der Waals surface area contributed by atoms with Crippen molar-refractivity contribution in [3.63, 3.8) is 0 Å². The van der Waals surface area contributed by atoms with E-state index in [0.717, 1.165) is 22.3 Å². The van der Waals surface area contributed by atoms with Gasteiger partial charge in [0.25, 0.3) is 0 Å². The molecule has 0 spiro atoms. The van der Waals surface area contributed by atoms with Gasteiger partial charge in [0.05, 0.1) is 5.52 Å². The van der Waals surface area contributed by atoms with Gasteiger partial charge in [-0.3, -0.25) is 9.88 Å². The van der Waals surface area contributed by atoms with Crippen LogP contribution in [0.4, 0.5) is 5.69 Å². The molecule has 1 N–H and O–H groups in total. The Bertz CT molecular complexity index is 766. The molecule has 3 aromatic rings. The lowest BCUT2D eigenvalue weighted by atomic mass is 10.1. The zero-order chi connectivity index (χ0) is 15.5. The summed E-state index contributed by atoms with van der Waals surface area (Å²) in [5, 5.41) is 4.81. The molecule has 2 aromatic carbocycles. The number of nitrogens with zero attached hydrogens (tertiary/aromatic N) is 2. The van der Waals surface area contributed by atoms with E-state index >= 15 is 0 Å². The third-order valence-electron chi connectivity index (χ3n) is 3.77. The molecule has 1 aromatic heterocycles. The van der Waals surface area contributed by atoms with Gasteiger partial charge in [0, 0.05) is 16.8 Å². The minimum absolute atomic E-state index is 0.117. The highest BCUT2D eigenvalue weighted by Gasteiger charge is 2.15. The summed E-state index contributed by atoms with van der Waals surface area (Å²) in [6.45, 7) is 2.03. The Labute approximate surface area is 131 Å². The number of benzene rings is 2. The van der Waals surface area contributed by atoms with Crippen LogP contribution in [-0.4, -0.2) is 24.0 Å². The topological polar surface area (TPSA) is 28.2 Å². The summed E-state index contributed by atoms with van der Waals surface area (Å²) in [7, 11) is 4.17. The van der Waals surface area contributed by atoms with Crippen LogP contribution in [0.15, 0.2) is 60.7 Å². The standard InChI is InChI=1S/C19H21N3/c1-14-13-18(16-11-7-8-12-17(16)20-14)21-19(22(2)3)15-9-5-4-6-10-15/h4-13,19H,1-3H3,(H,20,21). The smallest absolute Gasteiger partial charge is 0.105 e. The Morgan fingerprint density at radius 3 is 2.36 bits per heavy atom. The molecule has 0 aliphatic heterocycles. The summed E-state index contributed by atoms with van der Waals surface area (Å²) in [4.78, 5) is 6.79. The molecular weight excluding hydrogens is 270 g/mol. The zero-order valence-corrected chi connectivity index (χ0v) is 13.2. The number of aryl methyl sites for hydroxylation is 1. The van der Waals surface area contributed by atoms with Crippen molar-refractivity contribution in [2.24, 2.45) is 0 Å². The van der Waals surface area contributed by atoms with Crippen LogP contribution in [0.5, 0.6) is 0 Å². The first-order valence-corrected chi connectivity index (χ1v) is 7.49. The van der Waals surface area contributed by atoms with Crippen molar-refractivity contribution in [1.29, 1.82) is 0 Å². The Balaban J connectivity index is 2.04. The maximum absolute atomic E-state index is 4.61. The molecule has 0 saturated heterocycles. The third-order valence-corrected chi connectivity index (χ3v) is 3.77. The average Bonchev–Trinajstić information content (AvgIpc) is 2.52. The van der Waals surface area contributed by atoms with Gasteiger partial charge in [0.1, 0.15) is 6.17 Å². The van der Waals surface area contributed by atoms with E-state index in [1.807, 2.05) is 19.1 Å². The van der Waals surface area contributed by atoms with Crippen LogP contribution in [0.25, 0.3) is 10.9 Å². The number of hydrogen-bond donors (Lipinski definition) is 1. The van der Waals surface area contributed by atoms with Crippen LogP contribution in [0.2, 0.25) is 0 Å². The molecule has 3 rings (SSSR count). The number of aromatic nitrogens is 1. The molecule has 1 atom stereocenters. The Kier molecular flexibility index (Phi) is 4.07. The molecule has 0 fully saturated rings. The monoisotopic (exact) mass is 291 g/mol. The third kappa shape index (κ3) is 2.95. The number of anilines is 1. The highest BCUT2D eigenvalue weighted by molar-refractivity contribution is 5.91. The summed E-state index contributed by atoms with van der Waals surface area (Å²) in [6.07, 6.45) is 0.117. The van der Waals surface area contributed by atoms with Crippen LogP contribution in [0.1, 0.15) is 17.4 Å². The van der Waals surface area contributed by atoms with Gasteiger partial charge in [0.15, 0.2) is 0 Å². The van der Waals surface area contributed by atoms with Gasteiger partial charge >= 0.3 is 0 Å². The number of rotatable bonds is 4. The quantitative estimate of drug-likeness (QED) is 0.730. The lowest BCUT2D eigenvalue weighted by molar-refractivity contribution is 0.330. The van der Waals surface area contributed by atoms with E-state index in [9.17, 15) is 0 Å². The number of para-hydroxylation sites is 1. The summed E-state index contributed by atoms with van der Waals surface area (Å²) >= 11 is 0. The second kappa shape index (κ2) is 6.16. The van der Waals surface area contributed by atoms with Crippen LogP contribution in [0.3, 0.4) is 0 Å². The first-order chi connectivity index (χ1) is 10.6. The van der Waals surface area contributed by atoms with Gasteiger partial charge in [0.2, 0.25) is 0 Å². The summed E-state index contributed by atoms with van der Waals surface area (Å²) in [5.41, 5.74) is 4.40. The van der Waals surface area contributed by atoms with Crippen molar-refractivity contribution >= 4 is 16.6 Å². The Morgan fingerprint density at radius 2 is 1.64 bits per heavy atom. The van der Waals surface area contributed by atoms with Gasteiger partial charge in [-0.05, 0) is 38.7 Å². The molecular formula is C19H21N3. The summed E-state index contributed by atoms with van der Waals surface area (Å²) in [5.74, 6) is 0. The second-order valence-electron chi connectivity index (χ2n) is 5.75. The van der Waals surface area contributed by atoms with E-state index in [2.05, 4.69) is 77.8 Å². The minimum Gasteiger partial charge on any atom is -0.365 e. The molecule has 3 heteroatoms. The van der Waals surface area contributed by atoms with E-state index < -0.39 is 0 Å². The number of hydrogen-bond acceptors (Lipinski definition) is 3. The van der Waals surface area contributed by atoms with Crippen molar-refractivity contribution in [1.82, 2.24) is 9.88 Å². The molecule has 22 heavy (non-hydrogen) atoms. The van der Waals surface area contributed by atoms with Crippen molar-refractivity contribution in [3.05, 3.63) is 71.9 Å². The molecule has 112 valence electrons. The predicted octanol–water partition coefficient (Wildman–Crippen LogP) is 4.22. The maximum Gasteiger partial charge on any atom is 0.105 e. The van der Waals surface area contributed by atoms with E-state index in [-0.39, 0.29) is 6.17 Å². The highest BCUT2D eigenvalue weighted by Crippen LogP contribution is 2.28. The zero-order valence-electron chi connectivity index (χ0n) is 13.2. The molecule has 0 bridgehead atoms. The van der Waals surface area contributed by atoms with E-state index in [0.29, 0.717) is 0 Å². The van der Waals surface area contributed by atoms with Gasteiger partial charge in [-0.2, -0.15) is 0 Å². The van der Waals surface area contributed by atoms with Crippen molar-refractivity contribution in [2.75, 3.05) is 19.4 Å². The molecule has 1 unspecified atom stereocenters. The lowest BCUT2D eigenvalue weighted by Gasteiger charge is -2.27. The second-order valence-corrected chi connectivity index (χ2v) is 5.75. The van der Waals surface area contributed by atoms with E-state index in [1.54, 1.807) is 0 Å². The fraction of sp³-hybridized carbons (Fsp3) is 0.211. The molecule has 0 radical (unpaired) electrons. The van der Waals surface area contributed by atoms with Gasteiger partial charge in [-0.1, -0.05) is 48.5 Å². The SMILES string of the molecule is Cc1cc(NC(c2ccccc2)N(C)C)c2ccccc2n1. The van der Waals surface area contributed by atoms with Gasteiger partial charge < -0.3 is 5.32 Å². The number of nitrogens with one attached hydrogen (secondary N) is 1. The van der Waals surface area contributed by atoms with Gasteiger partial charge in [-0.25, -0.2) is 0 Å². The molecule has 0 amide bonds. The summed E-state index contributed by atoms with van der Waals surface area (Å²) < 4.78 is 0. The number of fused-ring (bicyclic) bond motifs is 1. The van der Waals surface area contributed by atoms with E-state index in [1.165, 1.54) is 5.56 Å². The highest BCUT2D eigenvalue weighted by atomic mass is 15.2. The molecule has 0 aliphatic carbocycles. The average molecular weight is 291 g/mol. The van der Waals surface area contributed by atoms with Crippen molar-refractivity contribution in [3.8, 4) is 0 Å². The largest absolute Gasteiger partial charge is 0.365 e. The first-order valence-electron chi connectivity index (χ1n) is 7.49. The molecule has 0 saturated carbocycles.